The minimum absolute atomic E-state index is 0.0385. The second-order valence-corrected chi connectivity index (χ2v) is 17.6. The van der Waals surface area contributed by atoms with Gasteiger partial charge in [-0.15, -0.1) is 0 Å². The summed E-state index contributed by atoms with van der Waals surface area (Å²) in [5, 5.41) is 1.34. The number of pyridine rings is 1. The fourth-order valence-electron chi connectivity index (χ4n) is 7.65. The third kappa shape index (κ3) is 11.4. The number of aliphatic imine (C=N–C) groups is 1. The van der Waals surface area contributed by atoms with Crippen LogP contribution in [0.5, 0.6) is 5.75 Å². The summed E-state index contributed by atoms with van der Waals surface area (Å²) in [7, 11) is 0. The van der Waals surface area contributed by atoms with Crippen molar-refractivity contribution in [1.82, 2.24) is 19.7 Å². The number of carbonyl (C=O) groups excluding carboxylic acids is 2. The maximum absolute atomic E-state index is 15.1. The van der Waals surface area contributed by atoms with Crippen LogP contribution >= 0.6 is 23.2 Å². The van der Waals surface area contributed by atoms with Crippen molar-refractivity contribution in [2.45, 2.75) is 117 Å². The first kappa shape index (κ1) is 42.7. The number of ether oxygens (including phenoxy) is 2. The Kier molecular flexibility index (Phi) is 14.9. The van der Waals surface area contributed by atoms with Gasteiger partial charge >= 0.3 is 6.03 Å². The van der Waals surface area contributed by atoms with Crippen LogP contribution in [0.4, 0.5) is 4.79 Å². The van der Waals surface area contributed by atoms with Crippen LogP contribution < -0.4 is 4.74 Å². The molecule has 300 valence electrons. The molecule has 0 saturated carbocycles. The molecule has 0 spiro atoms. The van der Waals surface area contributed by atoms with E-state index < -0.39 is 5.54 Å². The molecule has 11 heteroatoms. The average Bonchev–Trinajstić information content (AvgIpc) is 3.16. The summed E-state index contributed by atoms with van der Waals surface area (Å²) in [6, 6.07) is 9.68. The number of rotatable bonds is 12. The lowest BCUT2D eigenvalue weighted by molar-refractivity contribution is -0.136. The number of urea groups is 1. The number of amidine groups is 1. The summed E-state index contributed by atoms with van der Waals surface area (Å²) in [6.07, 6.45) is 13.3. The fraction of sp³-hybridized carbons (Fsp3) is 0.591. The SMILES string of the molecule is CCCN(C(=O)CC1CCN(C(=O)N(Cc2ccc(Cl)cc2)/C(=N\C(C)(C)C2C=CC(Cl)=CC2)c2cnc(C(C)(C)C)cc2OCC)CC1)C1CCOCC1. The van der Waals surface area contributed by atoms with Gasteiger partial charge in [0.05, 0.1) is 24.3 Å². The van der Waals surface area contributed by atoms with Gasteiger partial charge in [-0.2, -0.15) is 0 Å². The largest absolute Gasteiger partial charge is 0.493 e. The zero-order chi connectivity index (χ0) is 39.8. The minimum Gasteiger partial charge on any atom is -0.493 e. The first-order chi connectivity index (χ1) is 26.2. The zero-order valence-corrected chi connectivity index (χ0v) is 35.5. The van der Waals surface area contributed by atoms with E-state index >= 15 is 4.79 Å². The number of hydrogen-bond donors (Lipinski definition) is 0. The van der Waals surface area contributed by atoms with Crippen molar-refractivity contribution >= 4 is 41.0 Å². The van der Waals surface area contributed by atoms with Gasteiger partial charge in [0.15, 0.2) is 0 Å². The van der Waals surface area contributed by atoms with Gasteiger partial charge in [-0.05, 0) is 89.0 Å². The van der Waals surface area contributed by atoms with Gasteiger partial charge in [0.1, 0.15) is 11.6 Å². The number of likely N-dealkylation sites (tertiary alicyclic amines) is 1. The molecular weight excluding hydrogens is 733 g/mol. The van der Waals surface area contributed by atoms with E-state index in [0.717, 1.165) is 56.3 Å². The predicted molar refractivity (Wildman–Crippen MR) is 223 cm³/mol. The van der Waals surface area contributed by atoms with Crippen LogP contribution in [0.1, 0.15) is 110 Å². The number of amides is 3. The van der Waals surface area contributed by atoms with Crippen molar-refractivity contribution in [2.24, 2.45) is 16.8 Å². The lowest BCUT2D eigenvalue weighted by Crippen LogP contribution is -2.50. The van der Waals surface area contributed by atoms with E-state index in [0.29, 0.717) is 66.5 Å². The molecule has 0 N–H and O–H groups in total. The molecule has 3 heterocycles. The molecule has 1 aromatic carbocycles. The molecule has 1 unspecified atom stereocenters. The van der Waals surface area contributed by atoms with Crippen molar-refractivity contribution in [1.29, 1.82) is 0 Å². The number of allylic oxidation sites excluding steroid dienone is 3. The molecule has 5 rings (SSSR count). The predicted octanol–water partition coefficient (Wildman–Crippen LogP) is 9.80. The van der Waals surface area contributed by atoms with Crippen LogP contribution in [-0.4, -0.2) is 88.5 Å². The fourth-order valence-corrected chi connectivity index (χ4v) is 7.94. The highest BCUT2D eigenvalue weighted by atomic mass is 35.5. The summed E-state index contributed by atoms with van der Waals surface area (Å²) < 4.78 is 11.9. The average molecular weight is 795 g/mol. The Hall–Kier alpha value is -3.40. The number of halogens is 2. The highest BCUT2D eigenvalue weighted by Gasteiger charge is 2.36. The van der Waals surface area contributed by atoms with Crippen LogP contribution in [0.2, 0.25) is 5.02 Å². The van der Waals surface area contributed by atoms with Crippen LogP contribution in [0.25, 0.3) is 0 Å². The Morgan fingerprint density at radius 1 is 1.02 bits per heavy atom. The molecule has 2 aliphatic heterocycles. The Bertz CT molecular complexity index is 1700. The first-order valence-electron chi connectivity index (χ1n) is 20.2. The molecule has 2 aromatic rings. The van der Waals surface area contributed by atoms with Crippen molar-refractivity contribution in [3.63, 3.8) is 0 Å². The van der Waals surface area contributed by atoms with Crippen LogP contribution in [-0.2, 0) is 21.5 Å². The van der Waals surface area contributed by atoms with Crippen LogP contribution in [0.3, 0.4) is 0 Å². The molecule has 1 aromatic heterocycles. The van der Waals surface area contributed by atoms with Crippen molar-refractivity contribution in [3.05, 3.63) is 81.6 Å². The molecule has 9 nitrogen and oxygen atoms in total. The molecule has 55 heavy (non-hydrogen) atoms. The van der Waals surface area contributed by atoms with Crippen molar-refractivity contribution in [3.8, 4) is 5.75 Å². The Labute approximate surface area is 339 Å². The van der Waals surface area contributed by atoms with Gasteiger partial charge in [0.25, 0.3) is 0 Å². The van der Waals surface area contributed by atoms with Gasteiger partial charge < -0.3 is 19.3 Å². The summed E-state index contributed by atoms with van der Waals surface area (Å²) in [5.74, 6) is 1.61. The third-order valence-corrected chi connectivity index (χ3v) is 11.6. The van der Waals surface area contributed by atoms with E-state index in [1.807, 2.05) is 60.5 Å². The number of benzene rings is 1. The molecule has 0 radical (unpaired) electrons. The first-order valence-corrected chi connectivity index (χ1v) is 20.9. The van der Waals surface area contributed by atoms with Crippen LogP contribution in [0, 0.1) is 11.8 Å². The summed E-state index contributed by atoms with van der Waals surface area (Å²) in [4.78, 5) is 45.0. The maximum Gasteiger partial charge on any atom is 0.325 e. The minimum atomic E-state index is -0.632. The molecule has 2 fully saturated rings. The van der Waals surface area contributed by atoms with Crippen LogP contribution in [0.15, 0.2) is 64.8 Å². The number of piperidine rings is 1. The van der Waals surface area contributed by atoms with Gasteiger partial charge in [-0.25, -0.2) is 4.79 Å². The van der Waals surface area contributed by atoms with Gasteiger partial charge in [0, 0.05) is 84.7 Å². The van der Waals surface area contributed by atoms with Crippen molar-refractivity contribution in [2.75, 3.05) is 39.5 Å². The topological polar surface area (TPSA) is 87.6 Å². The normalized spacial score (nSPS) is 18.9. The number of aromatic nitrogens is 1. The standard InChI is InChI=1S/C44H61Cl2N5O4/c1-8-22-50(36-20-25-54-26-21-36)40(52)27-31-18-23-49(24-19-31)42(53)51(30-32-10-14-34(45)15-11-32)41(48-44(6,7)33-12-16-35(46)17-13-33)37-29-47-39(43(3,4)5)28-38(37)55-9-2/h10-12,14-17,28-29,31,33,36H,8-9,13,18-27,30H2,1-7H3/b48-41-. The number of nitrogens with zero attached hydrogens (tertiary/aromatic N) is 5. The smallest absolute Gasteiger partial charge is 0.325 e. The van der Waals surface area contributed by atoms with E-state index in [9.17, 15) is 4.79 Å². The summed E-state index contributed by atoms with van der Waals surface area (Å²) in [6.45, 7) is 18.6. The van der Waals surface area contributed by atoms with Crippen molar-refractivity contribution < 1.29 is 19.1 Å². The number of carbonyl (C=O) groups is 2. The molecule has 1 atom stereocenters. The third-order valence-electron chi connectivity index (χ3n) is 11.0. The van der Waals surface area contributed by atoms with E-state index in [-0.39, 0.29) is 41.8 Å². The van der Waals surface area contributed by atoms with Gasteiger partial charge in [-0.3, -0.25) is 19.7 Å². The molecule has 0 bridgehead atoms. The second kappa shape index (κ2) is 19.2. The monoisotopic (exact) mass is 793 g/mol. The summed E-state index contributed by atoms with van der Waals surface area (Å²) >= 11 is 12.7. The highest BCUT2D eigenvalue weighted by molar-refractivity contribution is 6.31. The molecular formula is C44H61Cl2N5O4. The quantitative estimate of drug-likeness (QED) is 0.158. The van der Waals surface area contributed by atoms with E-state index in [1.54, 1.807) is 4.90 Å². The lowest BCUT2D eigenvalue weighted by Gasteiger charge is -2.39. The molecule has 3 amide bonds. The summed E-state index contributed by atoms with van der Waals surface area (Å²) in [5.41, 5.74) is 1.60. The Balaban J connectivity index is 1.49. The molecule has 3 aliphatic rings. The van der Waals surface area contributed by atoms with E-state index in [4.69, 9.17) is 42.7 Å². The highest BCUT2D eigenvalue weighted by Crippen LogP contribution is 2.35. The Morgan fingerprint density at radius 3 is 2.31 bits per heavy atom. The van der Waals surface area contributed by atoms with E-state index in [1.165, 1.54) is 0 Å². The second-order valence-electron chi connectivity index (χ2n) is 16.7. The Morgan fingerprint density at radius 2 is 1.71 bits per heavy atom. The number of hydrogen-bond acceptors (Lipinski definition) is 6. The van der Waals surface area contributed by atoms with Gasteiger partial charge in [-0.1, -0.05) is 75.2 Å². The molecule has 2 saturated heterocycles. The zero-order valence-electron chi connectivity index (χ0n) is 34.0. The maximum atomic E-state index is 15.1. The molecule has 1 aliphatic carbocycles. The lowest BCUT2D eigenvalue weighted by atomic mass is 9.83. The van der Waals surface area contributed by atoms with Gasteiger partial charge in [0.2, 0.25) is 5.91 Å². The van der Waals surface area contributed by atoms with E-state index in [2.05, 4.69) is 52.5 Å².